The molecule has 3 nitrogen and oxygen atoms in total. The molecular weight excluding hydrogens is 250 g/mol. The Morgan fingerprint density at radius 3 is 2.70 bits per heavy atom. The van der Waals surface area contributed by atoms with Gasteiger partial charge in [-0.05, 0) is 49.8 Å². The molecule has 2 rings (SSSR count). The van der Waals surface area contributed by atoms with Crippen LogP contribution in [0.1, 0.15) is 43.2 Å². The molecule has 1 atom stereocenters. The van der Waals surface area contributed by atoms with E-state index < -0.39 is 11.7 Å². The zero-order valence-electron chi connectivity index (χ0n) is 11.8. The van der Waals surface area contributed by atoms with Gasteiger partial charge in [0.15, 0.2) is 0 Å². The van der Waals surface area contributed by atoms with E-state index in [1.165, 1.54) is 6.42 Å². The molecule has 0 spiro atoms. The minimum absolute atomic E-state index is 0.260. The molecule has 1 aliphatic rings. The summed E-state index contributed by atoms with van der Waals surface area (Å²) in [5.41, 5.74) is 6.51. The Morgan fingerprint density at radius 2 is 2.00 bits per heavy atom. The number of hydrogen-bond acceptors (Lipinski definition) is 3. The fraction of sp³-hybridized carbons (Fsp3) is 0.529. The molecule has 0 saturated heterocycles. The van der Waals surface area contributed by atoms with Crippen molar-refractivity contribution >= 4 is 0 Å². The molecule has 1 saturated carbocycles. The van der Waals surface area contributed by atoms with Crippen molar-refractivity contribution < 1.29 is 10.2 Å². The molecule has 0 amide bonds. The standard InChI is InChI=1S/C17H23NO2/c18-13-16(19)12-15-6-4-5-14(11-15)7-10-17(20)8-2-1-3-9-17/h4-6,11,16,19-20H,1-3,8-9,12-13,18H2. The van der Waals surface area contributed by atoms with Crippen molar-refractivity contribution in [2.75, 3.05) is 6.54 Å². The van der Waals surface area contributed by atoms with Gasteiger partial charge in [0.25, 0.3) is 0 Å². The SMILES string of the molecule is NCC(O)Cc1cccc(C#CC2(O)CCCCC2)c1. The van der Waals surface area contributed by atoms with E-state index in [2.05, 4.69) is 11.8 Å². The van der Waals surface area contributed by atoms with Gasteiger partial charge in [-0.3, -0.25) is 0 Å². The van der Waals surface area contributed by atoms with Gasteiger partial charge in [0.1, 0.15) is 5.60 Å². The van der Waals surface area contributed by atoms with Crippen LogP contribution in [0.3, 0.4) is 0 Å². The van der Waals surface area contributed by atoms with Gasteiger partial charge < -0.3 is 15.9 Å². The molecule has 0 aliphatic heterocycles. The molecular formula is C17H23NO2. The Kier molecular flexibility index (Phi) is 5.19. The Bertz CT molecular complexity index is 495. The van der Waals surface area contributed by atoms with E-state index in [0.29, 0.717) is 6.42 Å². The fourth-order valence-corrected chi connectivity index (χ4v) is 2.58. The van der Waals surface area contributed by atoms with Gasteiger partial charge in [-0.1, -0.05) is 30.4 Å². The van der Waals surface area contributed by atoms with E-state index in [1.54, 1.807) is 0 Å². The quantitative estimate of drug-likeness (QED) is 0.733. The van der Waals surface area contributed by atoms with Crippen LogP contribution in [0.25, 0.3) is 0 Å². The summed E-state index contributed by atoms with van der Waals surface area (Å²) >= 11 is 0. The van der Waals surface area contributed by atoms with Gasteiger partial charge in [-0.15, -0.1) is 0 Å². The number of nitrogens with two attached hydrogens (primary N) is 1. The van der Waals surface area contributed by atoms with E-state index >= 15 is 0 Å². The third kappa shape index (κ3) is 4.35. The number of hydrogen-bond donors (Lipinski definition) is 3. The first-order valence-corrected chi connectivity index (χ1v) is 7.34. The summed E-state index contributed by atoms with van der Waals surface area (Å²) in [6.07, 6.45) is 4.85. The van der Waals surface area contributed by atoms with E-state index in [1.807, 2.05) is 24.3 Å². The van der Waals surface area contributed by atoms with Crippen LogP contribution in [0.5, 0.6) is 0 Å². The average molecular weight is 273 g/mol. The molecule has 0 aromatic heterocycles. The highest BCUT2D eigenvalue weighted by Crippen LogP contribution is 2.27. The number of rotatable bonds is 3. The van der Waals surface area contributed by atoms with Crippen LogP contribution in [0, 0.1) is 11.8 Å². The van der Waals surface area contributed by atoms with Crippen molar-refractivity contribution in [3.8, 4) is 11.8 Å². The van der Waals surface area contributed by atoms with Crippen LogP contribution >= 0.6 is 0 Å². The highest BCUT2D eigenvalue weighted by atomic mass is 16.3. The average Bonchev–Trinajstić information content (AvgIpc) is 2.46. The molecule has 20 heavy (non-hydrogen) atoms. The van der Waals surface area contributed by atoms with Crippen molar-refractivity contribution in [1.82, 2.24) is 0 Å². The van der Waals surface area contributed by atoms with Gasteiger partial charge in [0, 0.05) is 12.1 Å². The molecule has 1 aliphatic carbocycles. The molecule has 0 heterocycles. The van der Waals surface area contributed by atoms with Crippen molar-refractivity contribution in [3.63, 3.8) is 0 Å². The van der Waals surface area contributed by atoms with Gasteiger partial charge in [-0.25, -0.2) is 0 Å². The van der Waals surface area contributed by atoms with E-state index in [0.717, 1.165) is 36.8 Å². The van der Waals surface area contributed by atoms with Gasteiger partial charge in [0.05, 0.1) is 6.10 Å². The summed E-state index contributed by atoms with van der Waals surface area (Å²) in [5, 5.41) is 19.9. The summed E-state index contributed by atoms with van der Waals surface area (Å²) in [6, 6.07) is 7.77. The summed E-state index contributed by atoms with van der Waals surface area (Å²) in [4.78, 5) is 0. The highest BCUT2D eigenvalue weighted by Gasteiger charge is 2.26. The summed E-state index contributed by atoms with van der Waals surface area (Å²) in [5.74, 6) is 6.10. The lowest BCUT2D eigenvalue weighted by atomic mass is 9.85. The minimum Gasteiger partial charge on any atom is -0.391 e. The minimum atomic E-state index is -0.814. The van der Waals surface area contributed by atoms with E-state index in [9.17, 15) is 10.2 Å². The van der Waals surface area contributed by atoms with Gasteiger partial charge in [0.2, 0.25) is 0 Å². The molecule has 1 fully saturated rings. The monoisotopic (exact) mass is 273 g/mol. The highest BCUT2D eigenvalue weighted by molar-refractivity contribution is 5.39. The summed E-state index contributed by atoms with van der Waals surface area (Å²) < 4.78 is 0. The van der Waals surface area contributed by atoms with Crippen LogP contribution < -0.4 is 5.73 Å². The van der Waals surface area contributed by atoms with Crippen molar-refractivity contribution in [2.45, 2.75) is 50.2 Å². The van der Waals surface area contributed by atoms with Gasteiger partial charge in [-0.2, -0.15) is 0 Å². The second-order valence-electron chi connectivity index (χ2n) is 5.64. The topological polar surface area (TPSA) is 66.5 Å². The first-order valence-electron chi connectivity index (χ1n) is 7.34. The molecule has 108 valence electrons. The molecule has 1 unspecified atom stereocenters. The zero-order valence-corrected chi connectivity index (χ0v) is 11.8. The lowest BCUT2D eigenvalue weighted by molar-refractivity contribution is 0.0610. The predicted molar refractivity (Wildman–Crippen MR) is 80.1 cm³/mol. The zero-order chi connectivity index (χ0) is 14.4. The molecule has 1 aromatic rings. The van der Waals surface area contributed by atoms with Crippen LogP contribution in [-0.4, -0.2) is 28.5 Å². The smallest absolute Gasteiger partial charge is 0.125 e. The molecule has 1 aromatic carbocycles. The normalized spacial score (nSPS) is 18.9. The molecule has 4 N–H and O–H groups in total. The van der Waals surface area contributed by atoms with Crippen LogP contribution in [0.15, 0.2) is 24.3 Å². The lowest BCUT2D eigenvalue weighted by Crippen LogP contribution is -2.29. The van der Waals surface area contributed by atoms with Crippen LogP contribution in [0.4, 0.5) is 0 Å². The summed E-state index contributed by atoms with van der Waals surface area (Å²) in [7, 11) is 0. The third-order valence-corrected chi connectivity index (χ3v) is 3.79. The molecule has 0 radical (unpaired) electrons. The first kappa shape index (κ1) is 15.1. The van der Waals surface area contributed by atoms with Crippen molar-refractivity contribution in [2.24, 2.45) is 5.73 Å². The van der Waals surface area contributed by atoms with Gasteiger partial charge >= 0.3 is 0 Å². The summed E-state index contributed by atoms with van der Waals surface area (Å²) in [6.45, 7) is 0.260. The Balaban J connectivity index is 2.08. The Hall–Kier alpha value is -1.34. The lowest BCUT2D eigenvalue weighted by Gasteiger charge is -2.26. The number of aliphatic hydroxyl groups excluding tert-OH is 1. The van der Waals surface area contributed by atoms with Crippen LogP contribution in [-0.2, 0) is 6.42 Å². The van der Waals surface area contributed by atoms with Crippen LogP contribution in [0.2, 0.25) is 0 Å². The van der Waals surface area contributed by atoms with E-state index in [4.69, 9.17) is 5.73 Å². The maximum Gasteiger partial charge on any atom is 0.125 e. The molecule has 3 heteroatoms. The number of benzene rings is 1. The maximum atomic E-state index is 10.4. The fourth-order valence-electron chi connectivity index (χ4n) is 2.58. The first-order chi connectivity index (χ1) is 9.61. The number of aliphatic hydroxyl groups is 2. The second kappa shape index (κ2) is 6.90. The Labute approximate surface area is 120 Å². The van der Waals surface area contributed by atoms with E-state index in [-0.39, 0.29) is 6.54 Å². The predicted octanol–water partition coefficient (Wildman–Crippen LogP) is 1.60. The van der Waals surface area contributed by atoms with Crippen molar-refractivity contribution in [1.29, 1.82) is 0 Å². The third-order valence-electron chi connectivity index (χ3n) is 3.79. The Morgan fingerprint density at radius 1 is 1.25 bits per heavy atom. The van der Waals surface area contributed by atoms with Crippen molar-refractivity contribution in [3.05, 3.63) is 35.4 Å². The largest absolute Gasteiger partial charge is 0.391 e. The maximum absolute atomic E-state index is 10.4. The molecule has 0 bridgehead atoms. The second-order valence-corrected chi connectivity index (χ2v) is 5.64.